The van der Waals surface area contributed by atoms with Gasteiger partial charge in [-0.3, -0.25) is 4.90 Å². The molecule has 1 fully saturated rings. The van der Waals surface area contributed by atoms with Gasteiger partial charge in [-0.05, 0) is 32.7 Å². The molecular weight excluding hydrogens is 166 g/mol. The van der Waals surface area contributed by atoms with Crippen LogP contribution in [0.1, 0.15) is 33.1 Å². The van der Waals surface area contributed by atoms with E-state index in [1.807, 2.05) is 6.92 Å². The van der Waals surface area contributed by atoms with E-state index in [4.69, 9.17) is 0 Å². The van der Waals surface area contributed by atoms with E-state index in [9.17, 15) is 10.2 Å². The van der Waals surface area contributed by atoms with Gasteiger partial charge in [-0.2, -0.15) is 0 Å². The first-order valence-corrected chi connectivity index (χ1v) is 5.18. The number of nitrogens with zero attached hydrogens (tertiary/aromatic N) is 1. The van der Waals surface area contributed by atoms with E-state index in [2.05, 4.69) is 11.8 Å². The van der Waals surface area contributed by atoms with Gasteiger partial charge >= 0.3 is 0 Å². The zero-order valence-electron chi connectivity index (χ0n) is 8.66. The summed E-state index contributed by atoms with van der Waals surface area (Å²) in [7, 11) is 0. The Balaban J connectivity index is 2.73. The number of rotatable bonds is 4. The Hall–Kier alpha value is -0.120. The third-order valence-corrected chi connectivity index (χ3v) is 3.41. The van der Waals surface area contributed by atoms with Crippen molar-refractivity contribution in [1.82, 2.24) is 4.90 Å². The van der Waals surface area contributed by atoms with Crippen LogP contribution in [0, 0.1) is 0 Å². The topological polar surface area (TPSA) is 43.7 Å². The fraction of sp³-hybridized carbons (Fsp3) is 1.00. The maximum absolute atomic E-state index is 9.35. The van der Waals surface area contributed by atoms with E-state index in [1.54, 1.807) is 0 Å². The molecule has 0 radical (unpaired) electrons. The molecule has 1 aliphatic rings. The number of aliphatic hydroxyl groups is 2. The average molecular weight is 187 g/mol. The first-order valence-electron chi connectivity index (χ1n) is 5.18. The highest BCUT2D eigenvalue weighted by Crippen LogP contribution is 2.28. The maximum atomic E-state index is 9.35. The van der Waals surface area contributed by atoms with Crippen LogP contribution in [0.25, 0.3) is 0 Å². The third-order valence-electron chi connectivity index (χ3n) is 3.41. The molecule has 3 nitrogen and oxygen atoms in total. The molecule has 1 heterocycles. The molecule has 1 unspecified atom stereocenters. The van der Waals surface area contributed by atoms with Crippen LogP contribution in [0.2, 0.25) is 0 Å². The van der Waals surface area contributed by atoms with Crippen LogP contribution >= 0.6 is 0 Å². The minimum atomic E-state index is -0.379. The Morgan fingerprint density at radius 1 is 1.38 bits per heavy atom. The second-order valence-electron chi connectivity index (χ2n) is 4.08. The molecule has 0 bridgehead atoms. The van der Waals surface area contributed by atoms with Gasteiger partial charge in [-0.15, -0.1) is 0 Å². The van der Waals surface area contributed by atoms with Gasteiger partial charge < -0.3 is 10.2 Å². The molecule has 1 saturated heterocycles. The van der Waals surface area contributed by atoms with Crippen molar-refractivity contribution in [2.75, 3.05) is 19.8 Å². The summed E-state index contributed by atoms with van der Waals surface area (Å²) in [5.41, 5.74) is -0.379. The van der Waals surface area contributed by atoms with Crippen molar-refractivity contribution < 1.29 is 10.2 Å². The number of hydrogen-bond acceptors (Lipinski definition) is 3. The Morgan fingerprint density at radius 2 is 2.00 bits per heavy atom. The first kappa shape index (κ1) is 11.0. The van der Waals surface area contributed by atoms with Gasteiger partial charge in [0.2, 0.25) is 0 Å². The van der Waals surface area contributed by atoms with Gasteiger partial charge in [-0.1, -0.05) is 6.92 Å². The van der Waals surface area contributed by atoms with E-state index >= 15 is 0 Å². The van der Waals surface area contributed by atoms with Gasteiger partial charge in [0.15, 0.2) is 0 Å². The van der Waals surface area contributed by atoms with Gasteiger partial charge in [0.1, 0.15) is 0 Å². The summed E-state index contributed by atoms with van der Waals surface area (Å²) in [6.07, 6.45) is 3.18. The van der Waals surface area contributed by atoms with Crippen molar-refractivity contribution >= 4 is 0 Å². The Morgan fingerprint density at radius 3 is 2.31 bits per heavy atom. The van der Waals surface area contributed by atoms with E-state index in [1.165, 1.54) is 12.8 Å². The molecule has 1 atom stereocenters. The fourth-order valence-electron chi connectivity index (χ4n) is 2.30. The number of aliphatic hydroxyl groups excluding tert-OH is 2. The number of hydrogen-bond donors (Lipinski definition) is 2. The van der Waals surface area contributed by atoms with Crippen LogP contribution in [0.4, 0.5) is 0 Å². The summed E-state index contributed by atoms with van der Waals surface area (Å²) in [6, 6.07) is 0.499. The third kappa shape index (κ3) is 1.87. The lowest BCUT2D eigenvalue weighted by Crippen LogP contribution is -2.55. The van der Waals surface area contributed by atoms with Gasteiger partial charge in [0.25, 0.3) is 0 Å². The normalized spacial score (nSPS) is 25.4. The van der Waals surface area contributed by atoms with Crippen molar-refractivity contribution in [2.45, 2.75) is 44.7 Å². The largest absolute Gasteiger partial charge is 0.394 e. The lowest BCUT2D eigenvalue weighted by molar-refractivity contribution is -0.0203. The molecule has 0 saturated carbocycles. The van der Waals surface area contributed by atoms with Crippen molar-refractivity contribution in [2.24, 2.45) is 0 Å². The maximum Gasteiger partial charge on any atom is 0.0672 e. The summed E-state index contributed by atoms with van der Waals surface area (Å²) >= 11 is 0. The van der Waals surface area contributed by atoms with Crippen molar-refractivity contribution in [3.05, 3.63) is 0 Å². The zero-order chi connectivity index (χ0) is 9.90. The molecule has 78 valence electrons. The predicted molar refractivity (Wildman–Crippen MR) is 52.6 cm³/mol. The van der Waals surface area contributed by atoms with Crippen LogP contribution in [0.3, 0.4) is 0 Å². The minimum Gasteiger partial charge on any atom is -0.394 e. The SMILES string of the molecule is CCC(CO)(CO)N1CCCC1C. The van der Waals surface area contributed by atoms with E-state index in [0.717, 1.165) is 13.0 Å². The van der Waals surface area contributed by atoms with Crippen LogP contribution in [0.15, 0.2) is 0 Å². The molecule has 3 heteroatoms. The van der Waals surface area contributed by atoms with Crippen molar-refractivity contribution in [3.8, 4) is 0 Å². The summed E-state index contributed by atoms with van der Waals surface area (Å²) in [6.45, 7) is 5.32. The fourth-order valence-corrected chi connectivity index (χ4v) is 2.30. The molecule has 2 N–H and O–H groups in total. The highest BCUT2D eigenvalue weighted by molar-refractivity contribution is 4.94. The zero-order valence-corrected chi connectivity index (χ0v) is 8.66. The van der Waals surface area contributed by atoms with E-state index in [0.29, 0.717) is 6.04 Å². The molecule has 0 aromatic carbocycles. The van der Waals surface area contributed by atoms with Crippen LogP contribution < -0.4 is 0 Å². The molecule has 1 aliphatic heterocycles. The van der Waals surface area contributed by atoms with Gasteiger partial charge in [-0.25, -0.2) is 0 Å². The van der Waals surface area contributed by atoms with E-state index in [-0.39, 0.29) is 18.8 Å². The lowest BCUT2D eigenvalue weighted by Gasteiger charge is -2.41. The average Bonchev–Trinajstić information content (AvgIpc) is 2.57. The Labute approximate surface area is 80.4 Å². The van der Waals surface area contributed by atoms with Crippen molar-refractivity contribution in [1.29, 1.82) is 0 Å². The van der Waals surface area contributed by atoms with Crippen LogP contribution in [0.5, 0.6) is 0 Å². The molecule has 0 aromatic rings. The number of likely N-dealkylation sites (tertiary alicyclic amines) is 1. The highest BCUT2D eigenvalue weighted by Gasteiger charge is 2.38. The Kier molecular flexibility index (Phi) is 3.71. The smallest absolute Gasteiger partial charge is 0.0672 e. The summed E-state index contributed by atoms with van der Waals surface area (Å²) in [5.74, 6) is 0. The predicted octanol–water partition coefficient (Wildman–Crippen LogP) is 0.604. The highest BCUT2D eigenvalue weighted by atomic mass is 16.3. The molecule has 0 spiro atoms. The second-order valence-corrected chi connectivity index (χ2v) is 4.08. The van der Waals surface area contributed by atoms with Gasteiger partial charge in [0, 0.05) is 6.04 Å². The van der Waals surface area contributed by atoms with Gasteiger partial charge in [0.05, 0.1) is 18.8 Å². The Bertz CT molecular complexity index is 149. The lowest BCUT2D eigenvalue weighted by atomic mass is 9.95. The standard InChI is InChI=1S/C10H21NO2/c1-3-10(7-12,8-13)11-6-4-5-9(11)2/h9,12-13H,3-8H2,1-2H3. The van der Waals surface area contributed by atoms with E-state index < -0.39 is 0 Å². The summed E-state index contributed by atoms with van der Waals surface area (Å²) < 4.78 is 0. The monoisotopic (exact) mass is 187 g/mol. The first-order chi connectivity index (χ1) is 6.20. The minimum absolute atomic E-state index is 0.0599. The summed E-state index contributed by atoms with van der Waals surface area (Å²) in [4.78, 5) is 2.26. The second kappa shape index (κ2) is 4.40. The summed E-state index contributed by atoms with van der Waals surface area (Å²) in [5, 5.41) is 18.7. The van der Waals surface area contributed by atoms with Crippen molar-refractivity contribution in [3.63, 3.8) is 0 Å². The van der Waals surface area contributed by atoms with Crippen LogP contribution in [-0.4, -0.2) is 46.5 Å². The quantitative estimate of drug-likeness (QED) is 0.677. The molecule has 1 rings (SSSR count). The molecule has 0 aromatic heterocycles. The molecular formula is C10H21NO2. The molecule has 0 aliphatic carbocycles. The molecule has 0 amide bonds. The van der Waals surface area contributed by atoms with Crippen LogP contribution in [-0.2, 0) is 0 Å². The molecule has 13 heavy (non-hydrogen) atoms.